The number of nitrogens with zero attached hydrogens (tertiary/aromatic N) is 1. The van der Waals surface area contributed by atoms with Crippen LogP contribution in [0.15, 0.2) is 12.4 Å². The predicted octanol–water partition coefficient (Wildman–Crippen LogP) is -1.21. The number of hydrogen-bond donors (Lipinski definition) is 0. The van der Waals surface area contributed by atoms with E-state index in [9.17, 15) is 0 Å². The molecule has 0 unspecified atom stereocenters. The van der Waals surface area contributed by atoms with Gasteiger partial charge in [0.25, 0.3) is 0 Å². The third-order valence-corrected chi connectivity index (χ3v) is 2.08. The van der Waals surface area contributed by atoms with E-state index in [4.69, 9.17) is 11.6 Å². The minimum absolute atomic E-state index is 0. The Morgan fingerprint density at radius 2 is 1.55 bits per heavy atom. The van der Waals surface area contributed by atoms with Crippen molar-refractivity contribution in [2.24, 2.45) is 7.05 Å². The molecule has 0 aliphatic carbocycles. The molecular formula is C8H11ClIN. The summed E-state index contributed by atoms with van der Waals surface area (Å²) in [4.78, 5) is 0. The summed E-state index contributed by atoms with van der Waals surface area (Å²) in [5.41, 5.74) is 2.26. The molecule has 3 heteroatoms. The van der Waals surface area contributed by atoms with Crippen molar-refractivity contribution in [1.29, 1.82) is 0 Å². The number of aromatic nitrogens is 1. The van der Waals surface area contributed by atoms with Crippen LogP contribution in [0.4, 0.5) is 0 Å². The van der Waals surface area contributed by atoms with Gasteiger partial charge in [-0.25, -0.2) is 4.57 Å². The maximum Gasteiger partial charge on any atom is 0.172 e. The minimum atomic E-state index is 0. The second-order valence-corrected chi connectivity index (χ2v) is 2.98. The van der Waals surface area contributed by atoms with E-state index in [0.717, 1.165) is 16.1 Å². The van der Waals surface area contributed by atoms with Crippen LogP contribution in [0.1, 0.15) is 11.1 Å². The van der Waals surface area contributed by atoms with Crippen LogP contribution in [0.5, 0.6) is 0 Å². The van der Waals surface area contributed by atoms with Gasteiger partial charge in [-0.2, -0.15) is 0 Å². The topological polar surface area (TPSA) is 3.88 Å². The van der Waals surface area contributed by atoms with Gasteiger partial charge in [0.05, 0.1) is 5.02 Å². The second-order valence-electron chi connectivity index (χ2n) is 2.60. The third-order valence-electron chi connectivity index (χ3n) is 1.49. The van der Waals surface area contributed by atoms with Gasteiger partial charge in [0.2, 0.25) is 0 Å². The van der Waals surface area contributed by atoms with Crippen molar-refractivity contribution in [1.82, 2.24) is 0 Å². The Hall–Kier alpha value is 0.170. The molecule has 1 nitrogen and oxygen atoms in total. The van der Waals surface area contributed by atoms with E-state index in [-0.39, 0.29) is 24.0 Å². The molecule has 1 heterocycles. The number of aryl methyl sites for hydroxylation is 3. The molecule has 0 atom stereocenters. The Kier molecular flexibility index (Phi) is 4.32. The maximum atomic E-state index is 5.94. The average Bonchev–Trinajstić information content (AvgIpc) is 1.82. The predicted molar refractivity (Wildman–Crippen MR) is 42.1 cm³/mol. The van der Waals surface area contributed by atoms with Gasteiger partial charge in [-0.1, -0.05) is 11.6 Å². The molecule has 62 valence electrons. The van der Waals surface area contributed by atoms with Crippen LogP contribution in [0, 0.1) is 13.8 Å². The molecule has 11 heavy (non-hydrogen) atoms. The van der Waals surface area contributed by atoms with Crippen LogP contribution in [-0.4, -0.2) is 0 Å². The van der Waals surface area contributed by atoms with Crippen LogP contribution in [0.25, 0.3) is 0 Å². The quantitative estimate of drug-likeness (QED) is 0.415. The fourth-order valence-corrected chi connectivity index (χ4v) is 1.17. The van der Waals surface area contributed by atoms with E-state index in [1.165, 1.54) is 0 Å². The first-order chi connectivity index (χ1) is 4.61. The summed E-state index contributed by atoms with van der Waals surface area (Å²) in [6.45, 7) is 4.02. The number of rotatable bonds is 0. The highest BCUT2D eigenvalue weighted by molar-refractivity contribution is 6.31. The van der Waals surface area contributed by atoms with E-state index in [1.807, 2.05) is 37.9 Å². The summed E-state index contributed by atoms with van der Waals surface area (Å²) in [6.07, 6.45) is 4.02. The number of hydrogen-bond acceptors (Lipinski definition) is 0. The van der Waals surface area contributed by atoms with Crippen LogP contribution < -0.4 is 28.5 Å². The van der Waals surface area contributed by atoms with Crippen molar-refractivity contribution in [3.05, 3.63) is 28.5 Å². The fraction of sp³-hybridized carbons (Fsp3) is 0.375. The standard InChI is InChI=1S/C8H11ClN.HI/c1-6-4-10(3)5-7(2)8(6)9;/h4-5H,1-3H3;1H/q+1;/p-1. The average molecular weight is 284 g/mol. The number of pyridine rings is 1. The largest absolute Gasteiger partial charge is 1.00 e. The summed E-state index contributed by atoms with van der Waals surface area (Å²) < 4.78 is 2.01. The Morgan fingerprint density at radius 3 is 1.91 bits per heavy atom. The van der Waals surface area contributed by atoms with Gasteiger partial charge < -0.3 is 24.0 Å². The highest BCUT2D eigenvalue weighted by Crippen LogP contribution is 2.16. The maximum absolute atomic E-state index is 5.94. The van der Waals surface area contributed by atoms with Crippen LogP contribution in [0.2, 0.25) is 5.02 Å². The zero-order chi connectivity index (χ0) is 7.72. The highest BCUT2D eigenvalue weighted by Gasteiger charge is 2.03. The summed E-state index contributed by atoms with van der Waals surface area (Å²) in [5.74, 6) is 0. The molecule has 0 amide bonds. The lowest BCUT2D eigenvalue weighted by molar-refractivity contribution is -0.672. The first-order valence-electron chi connectivity index (χ1n) is 3.23. The summed E-state index contributed by atoms with van der Waals surface area (Å²) in [6, 6.07) is 0. The monoisotopic (exact) mass is 283 g/mol. The molecule has 0 saturated carbocycles. The zero-order valence-corrected chi connectivity index (χ0v) is 9.77. The number of halogens is 2. The van der Waals surface area contributed by atoms with Crippen molar-refractivity contribution < 1.29 is 28.5 Å². The molecule has 0 spiro atoms. The molecule has 1 aromatic rings. The molecular weight excluding hydrogens is 272 g/mol. The molecule has 0 bridgehead atoms. The van der Waals surface area contributed by atoms with Crippen molar-refractivity contribution in [2.75, 3.05) is 0 Å². The second kappa shape index (κ2) is 4.26. The lowest BCUT2D eigenvalue weighted by atomic mass is 10.2. The normalized spacial score (nSPS) is 9.09. The third kappa shape index (κ3) is 2.60. The van der Waals surface area contributed by atoms with Gasteiger partial charge in [0, 0.05) is 11.1 Å². The van der Waals surface area contributed by atoms with E-state index < -0.39 is 0 Å². The van der Waals surface area contributed by atoms with Crippen LogP contribution in [-0.2, 0) is 7.05 Å². The lowest BCUT2D eigenvalue weighted by Crippen LogP contribution is -3.00. The summed E-state index contributed by atoms with van der Waals surface area (Å²) in [7, 11) is 2.00. The first-order valence-corrected chi connectivity index (χ1v) is 3.61. The van der Waals surface area contributed by atoms with Crippen molar-refractivity contribution in [3.63, 3.8) is 0 Å². The van der Waals surface area contributed by atoms with Crippen LogP contribution >= 0.6 is 11.6 Å². The summed E-state index contributed by atoms with van der Waals surface area (Å²) >= 11 is 5.94. The highest BCUT2D eigenvalue weighted by atomic mass is 127. The summed E-state index contributed by atoms with van der Waals surface area (Å²) in [5, 5.41) is 0.873. The van der Waals surface area contributed by atoms with Gasteiger partial charge in [0.15, 0.2) is 12.4 Å². The van der Waals surface area contributed by atoms with Gasteiger partial charge in [-0.3, -0.25) is 0 Å². The molecule has 1 aromatic heterocycles. The lowest BCUT2D eigenvalue weighted by Gasteiger charge is -1.97. The molecule has 0 fully saturated rings. The molecule has 0 aliphatic heterocycles. The van der Waals surface area contributed by atoms with E-state index in [0.29, 0.717) is 0 Å². The molecule has 0 aromatic carbocycles. The van der Waals surface area contributed by atoms with Crippen LogP contribution in [0.3, 0.4) is 0 Å². The Morgan fingerprint density at radius 1 is 1.18 bits per heavy atom. The van der Waals surface area contributed by atoms with Crippen molar-refractivity contribution >= 4 is 11.6 Å². The van der Waals surface area contributed by atoms with Gasteiger partial charge >= 0.3 is 0 Å². The Balaban J connectivity index is 0.000001000. The Bertz CT molecular complexity index is 237. The Labute approximate surface area is 89.4 Å². The SMILES string of the molecule is Cc1c[n+](C)cc(C)c1Cl.[I-]. The molecule has 0 aliphatic rings. The van der Waals surface area contributed by atoms with Crippen molar-refractivity contribution in [2.45, 2.75) is 13.8 Å². The van der Waals surface area contributed by atoms with Gasteiger partial charge in [-0.05, 0) is 13.8 Å². The van der Waals surface area contributed by atoms with Gasteiger partial charge in [0.1, 0.15) is 7.05 Å². The first kappa shape index (κ1) is 11.2. The fourth-order valence-electron chi connectivity index (χ4n) is 1.07. The zero-order valence-electron chi connectivity index (χ0n) is 6.86. The molecule has 0 radical (unpaired) electrons. The minimum Gasteiger partial charge on any atom is -1.00 e. The molecule has 0 N–H and O–H groups in total. The van der Waals surface area contributed by atoms with E-state index >= 15 is 0 Å². The van der Waals surface area contributed by atoms with Crippen molar-refractivity contribution in [3.8, 4) is 0 Å². The molecule has 0 saturated heterocycles. The van der Waals surface area contributed by atoms with Gasteiger partial charge in [-0.15, -0.1) is 0 Å². The van der Waals surface area contributed by atoms with E-state index in [1.54, 1.807) is 0 Å². The smallest absolute Gasteiger partial charge is 0.172 e. The molecule has 1 rings (SSSR count). The van der Waals surface area contributed by atoms with E-state index in [2.05, 4.69) is 0 Å².